The maximum Gasteiger partial charge on any atom is 0.244 e. The first-order valence-electron chi connectivity index (χ1n) is 7.86. The molecule has 0 fully saturated rings. The van der Waals surface area contributed by atoms with Gasteiger partial charge < -0.3 is 19.7 Å². The molecule has 2 aromatic carbocycles. The number of ether oxygens (including phenoxy) is 2. The van der Waals surface area contributed by atoms with Crippen molar-refractivity contribution in [1.82, 2.24) is 0 Å². The van der Waals surface area contributed by atoms with E-state index in [1.807, 2.05) is 0 Å². The molecule has 2 amide bonds. The summed E-state index contributed by atoms with van der Waals surface area (Å²) in [5, 5.41) is 3.48. The second-order valence-electron chi connectivity index (χ2n) is 5.61. The molecule has 0 atom stereocenters. The zero-order valence-corrected chi connectivity index (χ0v) is 15.4. The Kier molecular flexibility index (Phi) is 5.54. The summed E-state index contributed by atoms with van der Waals surface area (Å²) < 4.78 is 10.9. The number of nitrogens with zero attached hydrogens (tertiary/aromatic N) is 1. The molecule has 0 saturated carbocycles. The molecule has 1 N–H and O–H groups in total. The summed E-state index contributed by atoms with van der Waals surface area (Å²) in [6, 6.07) is 9.84. The molecule has 6 nitrogen and oxygen atoms in total. The first kappa shape index (κ1) is 18.4. The lowest BCUT2D eigenvalue weighted by Gasteiger charge is -2.22. The molecule has 0 radical (unpaired) electrons. The average molecular weight is 395 g/mol. The molecule has 0 bridgehead atoms. The maximum absolute atomic E-state index is 12.4. The number of fused-ring (bicyclic) bond motifs is 1. The Balaban J connectivity index is 1.73. The lowest BCUT2D eigenvalue weighted by atomic mass is 10.2. The molecule has 0 aliphatic carbocycles. The molecule has 8 heteroatoms. The fraction of sp³-hybridized carbons (Fsp3) is 0.222. The Bertz CT molecular complexity index is 857. The van der Waals surface area contributed by atoms with Gasteiger partial charge in [-0.1, -0.05) is 23.2 Å². The minimum absolute atomic E-state index is 0.189. The molecule has 3 rings (SSSR count). The molecule has 2 aromatic rings. The molecule has 0 unspecified atom stereocenters. The molecule has 136 valence electrons. The molecule has 1 aliphatic rings. The predicted octanol–water partition coefficient (Wildman–Crippen LogP) is 3.76. The van der Waals surface area contributed by atoms with Crippen molar-refractivity contribution in [2.75, 3.05) is 30.0 Å². The van der Waals surface area contributed by atoms with Gasteiger partial charge in [-0.25, -0.2) is 0 Å². The van der Waals surface area contributed by atoms with Crippen molar-refractivity contribution in [3.05, 3.63) is 46.4 Å². The van der Waals surface area contributed by atoms with Gasteiger partial charge in [0.2, 0.25) is 11.8 Å². The predicted molar refractivity (Wildman–Crippen MR) is 101 cm³/mol. The Hall–Kier alpha value is -2.44. The van der Waals surface area contributed by atoms with Crippen LogP contribution >= 0.6 is 23.2 Å². The van der Waals surface area contributed by atoms with Gasteiger partial charge in [-0.05, 0) is 30.3 Å². The van der Waals surface area contributed by atoms with Crippen LogP contribution in [-0.4, -0.2) is 31.6 Å². The first-order valence-corrected chi connectivity index (χ1v) is 8.62. The van der Waals surface area contributed by atoms with Gasteiger partial charge >= 0.3 is 0 Å². The smallest absolute Gasteiger partial charge is 0.244 e. The monoisotopic (exact) mass is 394 g/mol. The van der Waals surface area contributed by atoms with Gasteiger partial charge in [0, 0.05) is 23.7 Å². The largest absolute Gasteiger partial charge is 0.486 e. The average Bonchev–Trinajstić information content (AvgIpc) is 2.60. The van der Waals surface area contributed by atoms with Gasteiger partial charge in [-0.15, -0.1) is 0 Å². The van der Waals surface area contributed by atoms with Crippen LogP contribution in [0.3, 0.4) is 0 Å². The van der Waals surface area contributed by atoms with E-state index in [0.717, 1.165) is 0 Å². The van der Waals surface area contributed by atoms with E-state index in [2.05, 4.69) is 5.32 Å². The Morgan fingerprint density at radius 2 is 1.81 bits per heavy atom. The highest BCUT2D eigenvalue weighted by molar-refractivity contribution is 6.36. The molecule has 0 spiro atoms. The third-order valence-electron chi connectivity index (χ3n) is 3.71. The topological polar surface area (TPSA) is 67.9 Å². The Labute approximate surface area is 160 Å². The summed E-state index contributed by atoms with van der Waals surface area (Å²) in [7, 11) is 0. The quantitative estimate of drug-likeness (QED) is 0.856. The van der Waals surface area contributed by atoms with Gasteiger partial charge in [0.15, 0.2) is 11.5 Å². The van der Waals surface area contributed by atoms with Crippen LogP contribution in [-0.2, 0) is 9.59 Å². The first-order chi connectivity index (χ1) is 12.4. The van der Waals surface area contributed by atoms with Gasteiger partial charge in [-0.2, -0.15) is 0 Å². The van der Waals surface area contributed by atoms with Crippen LogP contribution in [0.1, 0.15) is 6.92 Å². The van der Waals surface area contributed by atoms with Crippen molar-refractivity contribution in [3.63, 3.8) is 0 Å². The van der Waals surface area contributed by atoms with E-state index >= 15 is 0 Å². The van der Waals surface area contributed by atoms with E-state index in [9.17, 15) is 9.59 Å². The molecule has 26 heavy (non-hydrogen) atoms. The third-order valence-corrected chi connectivity index (χ3v) is 4.25. The number of nitrogens with one attached hydrogen (secondary N) is 1. The molecule has 0 aromatic heterocycles. The standard InChI is InChI=1S/C18H16Cl2N2O4/c1-11(23)22(15-4-2-12(19)8-14(15)20)10-18(24)21-13-3-5-16-17(9-13)26-7-6-25-16/h2-5,8-9H,6-7,10H2,1H3,(H,21,24). The van der Waals surface area contributed by atoms with E-state index in [1.165, 1.54) is 17.9 Å². The number of rotatable bonds is 4. The van der Waals surface area contributed by atoms with E-state index in [-0.39, 0.29) is 18.4 Å². The number of halogens is 2. The summed E-state index contributed by atoms with van der Waals surface area (Å²) >= 11 is 12.0. The fourth-order valence-corrected chi connectivity index (χ4v) is 3.04. The molecule has 0 saturated heterocycles. The number of benzene rings is 2. The normalized spacial score (nSPS) is 12.4. The maximum atomic E-state index is 12.4. The van der Waals surface area contributed by atoms with Crippen LogP contribution in [0, 0.1) is 0 Å². The van der Waals surface area contributed by atoms with Gasteiger partial charge in [0.25, 0.3) is 0 Å². The number of anilines is 2. The highest BCUT2D eigenvalue weighted by Gasteiger charge is 2.19. The van der Waals surface area contributed by atoms with Crippen LogP contribution in [0.2, 0.25) is 10.0 Å². The lowest BCUT2D eigenvalue weighted by molar-refractivity contribution is -0.120. The second-order valence-corrected chi connectivity index (χ2v) is 6.45. The second kappa shape index (κ2) is 7.85. The molecular formula is C18H16Cl2N2O4. The highest BCUT2D eigenvalue weighted by atomic mass is 35.5. The van der Waals surface area contributed by atoms with Crippen LogP contribution < -0.4 is 19.7 Å². The zero-order chi connectivity index (χ0) is 18.7. The van der Waals surface area contributed by atoms with Crippen LogP contribution in [0.15, 0.2) is 36.4 Å². The zero-order valence-electron chi connectivity index (χ0n) is 13.9. The minimum atomic E-state index is -0.372. The molecule has 1 heterocycles. The SMILES string of the molecule is CC(=O)N(CC(=O)Nc1ccc2c(c1)OCCO2)c1ccc(Cl)cc1Cl. The Morgan fingerprint density at radius 3 is 2.50 bits per heavy atom. The number of carbonyl (C=O) groups excluding carboxylic acids is 2. The van der Waals surface area contributed by atoms with Gasteiger partial charge in [-0.3, -0.25) is 9.59 Å². The number of hydrogen-bond donors (Lipinski definition) is 1. The van der Waals surface area contributed by atoms with Gasteiger partial charge in [0.1, 0.15) is 19.8 Å². The van der Waals surface area contributed by atoms with Crippen LogP contribution in [0.25, 0.3) is 0 Å². The molecular weight excluding hydrogens is 379 g/mol. The van der Waals surface area contributed by atoms with Crippen molar-refractivity contribution in [3.8, 4) is 11.5 Å². The summed E-state index contributed by atoms with van der Waals surface area (Å²) in [5.41, 5.74) is 0.964. The molecule has 1 aliphatic heterocycles. The highest BCUT2D eigenvalue weighted by Crippen LogP contribution is 2.33. The number of hydrogen-bond acceptors (Lipinski definition) is 4. The van der Waals surface area contributed by atoms with Crippen molar-refractivity contribution in [2.45, 2.75) is 6.92 Å². The minimum Gasteiger partial charge on any atom is -0.486 e. The van der Waals surface area contributed by atoms with Crippen molar-refractivity contribution < 1.29 is 19.1 Å². The van der Waals surface area contributed by atoms with Gasteiger partial charge in [0.05, 0.1) is 10.7 Å². The van der Waals surface area contributed by atoms with Crippen molar-refractivity contribution >= 4 is 46.4 Å². The van der Waals surface area contributed by atoms with E-state index < -0.39 is 0 Å². The van der Waals surface area contributed by atoms with E-state index in [1.54, 1.807) is 30.3 Å². The van der Waals surface area contributed by atoms with Crippen LogP contribution in [0.5, 0.6) is 11.5 Å². The van der Waals surface area contributed by atoms with Crippen molar-refractivity contribution in [1.29, 1.82) is 0 Å². The summed E-state index contributed by atoms with van der Waals surface area (Å²) in [6.45, 7) is 2.12. The van der Waals surface area contributed by atoms with E-state index in [4.69, 9.17) is 32.7 Å². The third kappa shape index (κ3) is 4.20. The van der Waals surface area contributed by atoms with E-state index in [0.29, 0.717) is 46.1 Å². The van der Waals surface area contributed by atoms with Crippen LogP contribution in [0.4, 0.5) is 11.4 Å². The Morgan fingerprint density at radius 1 is 1.08 bits per heavy atom. The lowest BCUT2D eigenvalue weighted by Crippen LogP contribution is -2.36. The number of amides is 2. The fourth-order valence-electron chi connectivity index (χ4n) is 2.53. The number of carbonyl (C=O) groups is 2. The summed E-state index contributed by atoms with van der Waals surface area (Å²) in [6.07, 6.45) is 0. The van der Waals surface area contributed by atoms with Crippen molar-refractivity contribution in [2.24, 2.45) is 0 Å². The summed E-state index contributed by atoms with van der Waals surface area (Å²) in [5.74, 6) is 0.514. The summed E-state index contributed by atoms with van der Waals surface area (Å²) in [4.78, 5) is 25.7.